The third kappa shape index (κ3) is 64.6. The van der Waals surface area contributed by atoms with Gasteiger partial charge in [-0.05, 0) is 127 Å². The Hall–Kier alpha value is -5.10. The van der Waals surface area contributed by atoms with Crippen LogP contribution < -0.4 is 28.4 Å². The summed E-state index contributed by atoms with van der Waals surface area (Å²) in [7, 11) is 0. The molecule has 0 atom stereocenters. The Morgan fingerprint density at radius 1 is 0.125 bits per heavy atom. The fraction of sp³-hybridized carbons (Fsp3) is 0.737. The van der Waals surface area contributed by atoms with Crippen molar-refractivity contribution in [3.63, 3.8) is 0 Å². The zero-order valence-electron chi connectivity index (χ0n) is 80.0. The Morgan fingerprint density at radius 2 is 0.225 bits per heavy atom. The van der Waals surface area contributed by atoms with Crippen LogP contribution in [0.1, 0.15) is 537 Å². The van der Waals surface area contributed by atoms with E-state index in [9.17, 15) is 0 Å². The van der Waals surface area contributed by atoms with Gasteiger partial charge >= 0.3 is 0 Å². The molecular weight excluding hydrogens is 1470 g/mol. The molecule has 4 aromatic carbocycles. The summed E-state index contributed by atoms with van der Waals surface area (Å²) in [5.74, 6) is 5.34. The number of benzene rings is 4. The lowest BCUT2D eigenvalue weighted by molar-refractivity contribution is 0.289. The summed E-state index contributed by atoms with van der Waals surface area (Å²) >= 11 is 0. The zero-order valence-corrected chi connectivity index (χ0v) is 80.0. The molecule has 0 N–H and O–H groups in total. The van der Waals surface area contributed by atoms with Gasteiger partial charge in [-0.25, -0.2) is 0 Å². The van der Waals surface area contributed by atoms with Crippen LogP contribution in [0.5, 0.6) is 34.5 Å². The first-order chi connectivity index (χ1) is 59.4. The molecule has 684 valence electrons. The standard InChI is InChI=1S/C114H192O6/c1-7-13-19-25-31-37-43-49-55-61-67-73-85-115-109-94-106(95-110(100-109)116-86-74-68-62-56-50-44-38-32-26-20-14-8-2)82-79-103-91-104(80-83-107-96-111(117-87-75-69-63-57-51-45-39-33-27-21-15-9-3)101-112(97-107)118-88-76-70-64-58-52-46-40-34-28-22-16-10-4)93-105(92-103)81-84-108-98-113(119-89-77-71-65-59-53-47-41-35-29-23-17-11-5)102-114(99-108)120-90-78-72-66-60-54-48-42-36-30-24-18-12-6/h79-84,91-102H,7-78,85-90H2,1-6H3/b82-79+,83-80+,84-81+. The maximum Gasteiger partial charge on any atom is 0.123 e. The predicted molar refractivity (Wildman–Crippen MR) is 532 cm³/mol. The summed E-state index contributed by atoms with van der Waals surface area (Å²) in [5, 5.41) is 0. The molecule has 0 bridgehead atoms. The minimum Gasteiger partial charge on any atom is -0.493 e. The van der Waals surface area contributed by atoms with Crippen molar-refractivity contribution in [2.75, 3.05) is 39.6 Å². The van der Waals surface area contributed by atoms with Crippen LogP contribution in [-0.4, -0.2) is 39.6 Å². The second kappa shape index (κ2) is 82.2. The average Bonchev–Trinajstić information content (AvgIpc) is 0.849. The van der Waals surface area contributed by atoms with E-state index in [0.29, 0.717) is 0 Å². The molecule has 0 heterocycles. The molecule has 6 nitrogen and oxygen atoms in total. The van der Waals surface area contributed by atoms with Crippen molar-refractivity contribution in [1.29, 1.82) is 0 Å². The summed E-state index contributed by atoms with van der Waals surface area (Å²) in [4.78, 5) is 0. The normalized spacial score (nSPS) is 11.8. The van der Waals surface area contributed by atoms with E-state index >= 15 is 0 Å². The molecule has 0 aliphatic heterocycles. The molecule has 120 heavy (non-hydrogen) atoms. The van der Waals surface area contributed by atoms with Crippen LogP contribution in [0, 0.1) is 0 Å². The van der Waals surface area contributed by atoms with Crippen LogP contribution in [0.15, 0.2) is 72.8 Å². The smallest absolute Gasteiger partial charge is 0.123 e. The molecule has 0 aliphatic rings. The Kier molecular flexibility index (Phi) is 73.5. The highest BCUT2D eigenvalue weighted by atomic mass is 16.5. The Morgan fingerprint density at radius 3 is 0.342 bits per heavy atom. The van der Waals surface area contributed by atoms with E-state index in [1.54, 1.807) is 0 Å². The van der Waals surface area contributed by atoms with E-state index in [1.165, 1.54) is 424 Å². The van der Waals surface area contributed by atoms with Gasteiger partial charge in [0.05, 0.1) is 39.6 Å². The van der Waals surface area contributed by atoms with Crippen LogP contribution >= 0.6 is 0 Å². The summed E-state index contributed by atoms with van der Waals surface area (Å²) in [6.07, 6.45) is 109. The predicted octanol–water partition coefficient (Wildman–Crippen LogP) is 38.7. The second-order valence-corrected chi connectivity index (χ2v) is 36.6. The molecule has 0 aliphatic carbocycles. The molecule has 0 unspecified atom stereocenters. The molecular formula is C114H192O6. The van der Waals surface area contributed by atoms with Crippen molar-refractivity contribution in [1.82, 2.24) is 0 Å². The fourth-order valence-electron chi connectivity index (χ4n) is 16.9. The lowest BCUT2D eigenvalue weighted by Gasteiger charge is -2.12. The van der Waals surface area contributed by atoms with Crippen LogP contribution in [0.4, 0.5) is 0 Å². The van der Waals surface area contributed by atoms with E-state index < -0.39 is 0 Å². The molecule has 0 radical (unpaired) electrons. The van der Waals surface area contributed by atoms with Gasteiger partial charge in [-0.2, -0.15) is 0 Å². The Bertz CT molecular complexity index is 2500. The molecule has 0 saturated carbocycles. The number of rotatable bonds is 90. The Balaban J connectivity index is 1.65. The van der Waals surface area contributed by atoms with E-state index in [-0.39, 0.29) is 0 Å². The van der Waals surface area contributed by atoms with Gasteiger partial charge in [-0.3, -0.25) is 0 Å². The highest BCUT2D eigenvalue weighted by Gasteiger charge is 2.11. The molecule has 4 aromatic rings. The van der Waals surface area contributed by atoms with Crippen LogP contribution in [0.3, 0.4) is 0 Å². The molecule has 6 heteroatoms. The van der Waals surface area contributed by atoms with Crippen molar-refractivity contribution >= 4 is 36.5 Å². The minimum atomic E-state index is 0.718. The largest absolute Gasteiger partial charge is 0.493 e. The molecule has 0 aromatic heterocycles. The van der Waals surface area contributed by atoms with Crippen molar-refractivity contribution in [3.05, 3.63) is 106 Å². The monoisotopic (exact) mass is 1660 g/mol. The first-order valence-corrected chi connectivity index (χ1v) is 52.9. The topological polar surface area (TPSA) is 55.4 Å². The summed E-state index contributed by atoms with van der Waals surface area (Å²) in [6, 6.07) is 26.7. The molecule has 0 spiro atoms. The first kappa shape index (κ1) is 107. The molecule has 0 saturated heterocycles. The van der Waals surface area contributed by atoms with E-state index in [2.05, 4.69) is 151 Å². The van der Waals surface area contributed by atoms with Gasteiger partial charge in [0, 0.05) is 18.2 Å². The van der Waals surface area contributed by atoms with Gasteiger partial charge in [0.25, 0.3) is 0 Å². The number of hydrogen-bond acceptors (Lipinski definition) is 6. The van der Waals surface area contributed by atoms with E-state index in [0.717, 1.165) is 146 Å². The van der Waals surface area contributed by atoms with Crippen molar-refractivity contribution in [3.8, 4) is 34.5 Å². The molecule has 4 rings (SSSR count). The SMILES string of the molecule is CCCCCCCCCCCCCCOc1cc(/C=C/c2cc(/C=C/c3cc(OCCCCCCCCCCCCCC)cc(OCCCCCCCCCCCCCC)c3)cc(/C=C/c3cc(OCCCCCCCCCCCCCC)cc(OCCCCCCCCCCCCCC)c3)c2)cc(OCCCCCCCCCCCCCC)c1. The first-order valence-electron chi connectivity index (χ1n) is 52.9. The van der Waals surface area contributed by atoms with Crippen molar-refractivity contribution < 1.29 is 28.4 Å². The number of ether oxygens (including phenoxy) is 6. The van der Waals surface area contributed by atoms with Crippen LogP contribution in [0.2, 0.25) is 0 Å². The van der Waals surface area contributed by atoms with Crippen molar-refractivity contribution in [2.45, 2.75) is 504 Å². The van der Waals surface area contributed by atoms with Gasteiger partial charge in [0.1, 0.15) is 34.5 Å². The lowest BCUT2D eigenvalue weighted by Crippen LogP contribution is -2.01. The van der Waals surface area contributed by atoms with Gasteiger partial charge in [-0.15, -0.1) is 0 Å². The van der Waals surface area contributed by atoms with Crippen LogP contribution in [0.25, 0.3) is 36.5 Å². The van der Waals surface area contributed by atoms with E-state index in [1.807, 2.05) is 0 Å². The zero-order chi connectivity index (χ0) is 85.1. The summed E-state index contributed by atoms with van der Waals surface area (Å²) < 4.78 is 39.9. The van der Waals surface area contributed by atoms with Crippen molar-refractivity contribution in [2.24, 2.45) is 0 Å². The van der Waals surface area contributed by atoms with E-state index in [4.69, 9.17) is 28.4 Å². The number of unbranched alkanes of at least 4 members (excludes halogenated alkanes) is 66. The summed E-state index contributed by atoms with van der Waals surface area (Å²) in [6.45, 7) is 18.2. The minimum absolute atomic E-state index is 0.718. The third-order valence-corrected chi connectivity index (χ3v) is 24.7. The quantitative estimate of drug-likeness (QED) is 0.0324. The van der Waals surface area contributed by atoms with Gasteiger partial charge < -0.3 is 28.4 Å². The third-order valence-electron chi connectivity index (χ3n) is 24.7. The lowest BCUT2D eigenvalue weighted by atomic mass is 10.0. The maximum absolute atomic E-state index is 6.65. The summed E-state index contributed by atoms with van der Waals surface area (Å²) in [5.41, 5.74) is 6.61. The van der Waals surface area contributed by atoms with Gasteiger partial charge in [-0.1, -0.05) is 502 Å². The molecule has 0 amide bonds. The second-order valence-electron chi connectivity index (χ2n) is 36.6. The fourth-order valence-corrected chi connectivity index (χ4v) is 16.9. The van der Waals surface area contributed by atoms with Gasteiger partial charge in [0.15, 0.2) is 0 Å². The number of hydrogen-bond donors (Lipinski definition) is 0. The maximum atomic E-state index is 6.65. The highest BCUT2D eigenvalue weighted by molar-refractivity contribution is 5.80. The van der Waals surface area contributed by atoms with Crippen LogP contribution in [-0.2, 0) is 0 Å². The van der Waals surface area contributed by atoms with Gasteiger partial charge in [0.2, 0.25) is 0 Å². The highest BCUT2D eigenvalue weighted by Crippen LogP contribution is 2.32. The average molecular weight is 1660 g/mol. The Labute approximate surface area is 744 Å². The molecule has 0 fully saturated rings.